The van der Waals surface area contributed by atoms with Gasteiger partial charge in [-0.05, 0) is 31.0 Å². The van der Waals surface area contributed by atoms with Crippen LogP contribution < -0.4 is 10.1 Å². The minimum atomic E-state index is -0.252. The fourth-order valence-corrected chi connectivity index (χ4v) is 3.16. The predicted molar refractivity (Wildman–Crippen MR) is 90.9 cm³/mol. The molecule has 0 saturated heterocycles. The maximum absolute atomic E-state index is 11.9. The second kappa shape index (κ2) is 7.95. The molecule has 0 aliphatic carbocycles. The van der Waals surface area contributed by atoms with Crippen molar-refractivity contribution in [2.24, 2.45) is 0 Å². The molecule has 116 valence electrons. The lowest BCUT2D eigenvalue weighted by Crippen LogP contribution is -2.20. The van der Waals surface area contributed by atoms with Crippen LogP contribution >= 0.6 is 23.1 Å². The van der Waals surface area contributed by atoms with Crippen LogP contribution in [0.2, 0.25) is 0 Å². The monoisotopic (exact) mass is 335 g/mol. The number of carbonyl (C=O) groups excluding carboxylic acids is 1. The summed E-state index contributed by atoms with van der Waals surface area (Å²) in [5, 5.41) is 11.1. The quantitative estimate of drug-likeness (QED) is 0.477. The number of thioether (sulfide) groups is 1. The third-order valence-corrected chi connectivity index (χ3v) is 4.86. The molecule has 7 heteroatoms. The summed E-state index contributed by atoms with van der Waals surface area (Å²) in [5.74, 6) is 1.23. The van der Waals surface area contributed by atoms with Gasteiger partial charge in [-0.2, -0.15) is 0 Å². The van der Waals surface area contributed by atoms with Crippen LogP contribution in [-0.2, 0) is 4.79 Å². The number of benzene rings is 1. The number of anilines is 1. The normalized spacial score (nSPS) is 10.3. The van der Waals surface area contributed by atoms with E-state index in [0.717, 1.165) is 27.0 Å². The molecule has 1 N–H and O–H groups in total. The van der Waals surface area contributed by atoms with Crippen LogP contribution in [0.15, 0.2) is 35.2 Å². The van der Waals surface area contributed by atoms with Crippen LogP contribution in [0.1, 0.15) is 11.1 Å². The summed E-state index contributed by atoms with van der Waals surface area (Å²) in [5.41, 5.74) is 2.17. The molecule has 0 unspecified atom stereocenters. The molecule has 0 spiro atoms. The first-order chi connectivity index (χ1) is 10.6. The average Bonchev–Trinajstić information content (AvgIpc) is 2.94. The van der Waals surface area contributed by atoms with E-state index in [9.17, 15) is 4.79 Å². The molecule has 0 aliphatic rings. The summed E-state index contributed by atoms with van der Waals surface area (Å²) in [4.78, 5) is 11.9. The molecule has 0 radical (unpaired) electrons. The van der Waals surface area contributed by atoms with E-state index < -0.39 is 0 Å². The van der Waals surface area contributed by atoms with Gasteiger partial charge in [0.25, 0.3) is 5.91 Å². The van der Waals surface area contributed by atoms with E-state index in [4.69, 9.17) is 4.74 Å². The van der Waals surface area contributed by atoms with Crippen molar-refractivity contribution in [1.82, 2.24) is 10.2 Å². The van der Waals surface area contributed by atoms with Gasteiger partial charge in [0.2, 0.25) is 5.13 Å². The van der Waals surface area contributed by atoms with Gasteiger partial charge in [0.05, 0.1) is 0 Å². The smallest absolute Gasteiger partial charge is 0.264 e. The average molecular weight is 335 g/mol. The zero-order valence-corrected chi connectivity index (χ0v) is 14.1. The van der Waals surface area contributed by atoms with Gasteiger partial charge < -0.3 is 4.74 Å². The Kier molecular flexibility index (Phi) is 5.97. The van der Waals surface area contributed by atoms with E-state index in [0.29, 0.717) is 5.13 Å². The van der Waals surface area contributed by atoms with E-state index in [1.807, 2.05) is 32.0 Å². The minimum Gasteiger partial charge on any atom is -0.483 e. The lowest BCUT2D eigenvalue weighted by Gasteiger charge is -2.10. The lowest BCUT2D eigenvalue weighted by atomic mass is 10.1. The molecular formula is C15H17N3O2S2. The molecular weight excluding hydrogens is 318 g/mol. The second-order valence-electron chi connectivity index (χ2n) is 4.51. The van der Waals surface area contributed by atoms with Gasteiger partial charge in [-0.3, -0.25) is 10.1 Å². The summed E-state index contributed by atoms with van der Waals surface area (Å²) in [7, 11) is 0. The van der Waals surface area contributed by atoms with E-state index in [1.54, 1.807) is 6.08 Å². The highest BCUT2D eigenvalue weighted by molar-refractivity contribution is 8.01. The highest BCUT2D eigenvalue weighted by atomic mass is 32.2. The summed E-state index contributed by atoms with van der Waals surface area (Å²) in [6, 6.07) is 5.76. The van der Waals surface area contributed by atoms with Gasteiger partial charge in [-0.1, -0.05) is 41.3 Å². The number of aromatic nitrogens is 2. The number of hydrogen-bond acceptors (Lipinski definition) is 6. The number of aryl methyl sites for hydroxylation is 1. The summed E-state index contributed by atoms with van der Waals surface area (Å²) in [6.45, 7) is 7.56. The Morgan fingerprint density at radius 1 is 1.45 bits per heavy atom. The molecule has 22 heavy (non-hydrogen) atoms. The highest BCUT2D eigenvalue weighted by Gasteiger charge is 2.10. The van der Waals surface area contributed by atoms with Gasteiger partial charge in [-0.15, -0.1) is 16.8 Å². The Morgan fingerprint density at radius 2 is 2.27 bits per heavy atom. The van der Waals surface area contributed by atoms with Crippen LogP contribution in [0.4, 0.5) is 5.13 Å². The Labute approximate surface area is 137 Å². The van der Waals surface area contributed by atoms with Gasteiger partial charge in [0.15, 0.2) is 10.9 Å². The van der Waals surface area contributed by atoms with Crippen molar-refractivity contribution < 1.29 is 9.53 Å². The molecule has 1 aromatic carbocycles. The molecule has 2 rings (SSSR count). The molecule has 0 saturated carbocycles. The van der Waals surface area contributed by atoms with Crippen LogP contribution in [0.3, 0.4) is 0 Å². The van der Waals surface area contributed by atoms with Crippen molar-refractivity contribution in [1.29, 1.82) is 0 Å². The number of amides is 1. The minimum absolute atomic E-state index is 0.0565. The van der Waals surface area contributed by atoms with Crippen LogP contribution in [0, 0.1) is 13.8 Å². The molecule has 0 aliphatic heterocycles. The first-order valence-corrected chi connectivity index (χ1v) is 8.46. The first kappa shape index (κ1) is 16.5. The van der Waals surface area contributed by atoms with Crippen molar-refractivity contribution >= 4 is 34.1 Å². The number of carbonyl (C=O) groups is 1. The number of hydrogen-bond donors (Lipinski definition) is 1. The Bertz CT molecular complexity index is 671. The number of nitrogens with zero attached hydrogens (tertiary/aromatic N) is 2. The topological polar surface area (TPSA) is 64.1 Å². The van der Waals surface area contributed by atoms with Crippen molar-refractivity contribution in [3.8, 4) is 5.75 Å². The zero-order valence-electron chi connectivity index (χ0n) is 12.5. The largest absolute Gasteiger partial charge is 0.483 e. The molecule has 5 nitrogen and oxygen atoms in total. The van der Waals surface area contributed by atoms with Gasteiger partial charge in [0, 0.05) is 5.75 Å². The van der Waals surface area contributed by atoms with E-state index >= 15 is 0 Å². The molecule has 0 bridgehead atoms. The predicted octanol–water partition coefficient (Wildman–Crippen LogP) is 3.45. The molecule has 1 aromatic heterocycles. The SMILES string of the molecule is C=CCSc1nnc(NC(=O)COc2cccc(C)c2C)s1. The second-order valence-corrected chi connectivity index (χ2v) is 6.75. The standard InChI is InChI=1S/C15H17N3O2S2/c1-4-8-21-15-18-17-14(22-15)16-13(19)9-20-12-7-5-6-10(2)11(12)3/h4-7H,1,8-9H2,2-3H3,(H,16,17,19). The summed E-state index contributed by atoms with van der Waals surface area (Å²) in [6.07, 6.45) is 1.79. The maximum Gasteiger partial charge on any atom is 0.264 e. The summed E-state index contributed by atoms with van der Waals surface area (Å²) >= 11 is 2.86. The lowest BCUT2D eigenvalue weighted by molar-refractivity contribution is -0.118. The van der Waals surface area contributed by atoms with Crippen molar-refractivity contribution in [2.45, 2.75) is 18.2 Å². The number of ether oxygens (including phenoxy) is 1. The molecule has 1 heterocycles. The van der Waals surface area contributed by atoms with E-state index in [1.165, 1.54) is 23.1 Å². The third-order valence-electron chi connectivity index (χ3n) is 2.89. The van der Waals surface area contributed by atoms with E-state index in [-0.39, 0.29) is 12.5 Å². The molecule has 0 fully saturated rings. The van der Waals surface area contributed by atoms with Crippen LogP contribution in [-0.4, -0.2) is 28.5 Å². The number of rotatable bonds is 7. The molecule has 0 atom stereocenters. The van der Waals surface area contributed by atoms with Gasteiger partial charge in [-0.25, -0.2) is 0 Å². The molecule has 1 amide bonds. The Hall–Kier alpha value is -1.86. The maximum atomic E-state index is 11.9. The fraction of sp³-hybridized carbons (Fsp3) is 0.267. The molecule has 2 aromatic rings. The van der Waals surface area contributed by atoms with Gasteiger partial charge in [0.1, 0.15) is 5.75 Å². The fourth-order valence-electron chi connectivity index (χ4n) is 1.63. The first-order valence-electron chi connectivity index (χ1n) is 6.66. The summed E-state index contributed by atoms with van der Waals surface area (Å²) < 4.78 is 6.35. The third kappa shape index (κ3) is 4.57. The van der Waals surface area contributed by atoms with E-state index in [2.05, 4.69) is 22.1 Å². The van der Waals surface area contributed by atoms with Crippen molar-refractivity contribution in [3.63, 3.8) is 0 Å². The van der Waals surface area contributed by atoms with Crippen LogP contribution in [0.5, 0.6) is 5.75 Å². The van der Waals surface area contributed by atoms with Crippen molar-refractivity contribution in [3.05, 3.63) is 42.0 Å². The zero-order chi connectivity index (χ0) is 15.9. The number of nitrogens with one attached hydrogen (secondary N) is 1. The highest BCUT2D eigenvalue weighted by Crippen LogP contribution is 2.25. The van der Waals surface area contributed by atoms with Gasteiger partial charge >= 0.3 is 0 Å². The Balaban J connectivity index is 1.86. The van der Waals surface area contributed by atoms with Crippen LogP contribution in [0.25, 0.3) is 0 Å². The van der Waals surface area contributed by atoms with Crippen molar-refractivity contribution in [2.75, 3.05) is 17.7 Å². The Morgan fingerprint density at radius 3 is 3.05 bits per heavy atom.